The van der Waals surface area contributed by atoms with Gasteiger partial charge in [0, 0.05) is 13.1 Å². The van der Waals surface area contributed by atoms with Gasteiger partial charge in [-0.1, -0.05) is 0 Å². The van der Waals surface area contributed by atoms with Gasteiger partial charge < -0.3 is 20.6 Å². The number of hydrogen-bond acceptors (Lipinski definition) is 2. The maximum absolute atomic E-state index is 11.9. The molecular weight excluding hydrogens is 588 g/mol. The van der Waals surface area contributed by atoms with Gasteiger partial charge in [0.1, 0.15) is 11.4 Å². The lowest BCUT2D eigenvalue weighted by Crippen LogP contribution is -2.26. The van der Waals surface area contributed by atoms with Gasteiger partial charge in [0.15, 0.2) is 0 Å². The largest absolute Gasteiger partial charge is 0.351 e. The molecule has 0 fully saturated rings. The Morgan fingerprint density at radius 1 is 0.760 bits per heavy atom. The maximum atomic E-state index is 11.9. The Balaban J connectivity index is 1.57. The summed E-state index contributed by atoms with van der Waals surface area (Å²) in [7, 11) is 0. The molecule has 2 amide bonds. The Morgan fingerprint density at radius 2 is 1.16 bits per heavy atom. The van der Waals surface area contributed by atoms with E-state index in [0.29, 0.717) is 24.5 Å². The molecular formula is C15H16Br4N4O2. The Kier molecular flexibility index (Phi) is 8.24. The molecule has 136 valence electrons. The van der Waals surface area contributed by atoms with Crippen LogP contribution in [0.4, 0.5) is 0 Å². The van der Waals surface area contributed by atoms with E-state index in [9.17, 15) is 9.59 Å². The lowest BCUT2D eigenvalue weighted by molar-refractivity contribution is 0.0943. The summed E-state index contributed by atoms with van der Waals surface area (Å²) in [6.45, 7) is 1.19. The second-order valence-electron chi connectivity index (χ2n) is 5.26. The molecule has 2 rings (SSSR count). The van der Waals surface area contributed by atoms with Gasteiger partial charge in [-0.3, -0.25) is 9.59 Å². The van der Waals surface area contributed by atoms with Gasteiger partial charge in [0.05, 0.1) is 18.2 Å². The minimum atomic E-state index is -0.136. The van der Waals surface area contributed by atoms with Gasteiger partial charge in [0.25, 0.3) is 11.8 Å². The summed E-state index contributed by atoms with van der Waals surface area (Å²) in [6, 6.07) is 3.46. The van der Waals surface area contributed by atoms with E-state index in [0.717, 1.165) is 37.4 Å². The number of halogens is 4. The van der Waals surface area contributed by atoms with E-state index in [2.05, 4.69) is 84.3 Å². The number of unbranched alkanes of at least 4 members (excludes halogenated alkanes) is 2. The number of carbonyl (C=O) groups is 2. The number of aromatic amines is 2. The van der Waals surface area contributed by atoms with E-state index in [-0.39, 0.29) is 11.8 Å². The number of hydrogen-bond donors (Lipinski definition) is 4. The van der Waals surface area contributed by atoms with Crippen LogP contribution in [0.15, 0.2) is 30.3 Å². The number of rotatable bonds is 8. The average molecular weight is 604 g/mol. The van der Waals surface area contributed by atoms with Gasteiger partial charge in [-0.2, -0.15) is 0 Å². The zero-order chi connectivity index (χ0) is 18.4. The van der Waals surface area contributed by atoms with Crippen LogP contribution in [-0.2, 0) is 0 Å². The van der Waals surface area contributed by atoms with Gasteiger partial charge in [0.2, 0.25) is 0 Å². The van der Waals surface area contributed by atoms with Crippen LogP contribution in [0.5, 0.6) is 0 Å². The smallest absolute Gasteiger partial charge is 0.267 e. The molecule has 0 unspecified atom stereocenters. The normalized spacial score (nSPS) is 10.7. The molecule has 4 N–H and O–H groups in total. The Morgan fingerprint density at radius 3 is 1.48 bits per heavy atom. The topological polar surface area (TPSA) is 89.8 Å². The summed E-state index contributed by atoms with van der Waals surface area (Å²) in [4.78, 5) is 29.7. The van der Waals surface area contributed by atoms with Crippen molar-refractivity contribution >= 4 is 75.5 Å². The zero-order valence-electron chi connectivity index (χ0n) is 13.0. The molecule has 0 bridgehead atoms. The van der Waals surface area contributed by atoms with Crippen molar-refractivity contribution < 1.29 is 9.59 Å². The summed E-state index contributed by atoms with van der Waals surface area (Å²) >= 11 is 13.3. The minimum Gasteiger partial charge on any atom is -0.351 e. The van der Waals surface area contributed by atoms with E-state index in [1.807, 2.05) is 0 Å². The molecule has 25 heavy (non-hydrogen) atoms. The van der Waals surface area contributed by atoms with Crippen molar-refractivity contribution in [2.75, 3.05) is 13.1 Å². The Labute approximate surface area is 178 Å². The molecule has 0 saturated carbocycles. The van der Waals surface area contributed by atoms with E-state index >= 15 is 0 Å². The first-order valence-electron chi connectivity index (χ1n) is 7.53. The average Bonchev–Trinajstić information content (AvgIpc) is 3.08. The monoisotopic (exact) mass is 600 g/mol. The van der Waals surface area contributed by atoms with Gasteiger partial charge in [-0.05, 0) is 95.1 Å². The molecule has 10 heteroatoms. The van der Waals surface area contributed by atoms with Crippen molar-refractivity contribution in [1.82, 2.24) is 20.6 Å². The van der Waals surface area contributed by atoms with Crippen LogP contribution in [-0.4, -0.2) is 34.9 Å². The lowest BCUT2D eigenvalue weighted by Gasteiger charge is -2.05. The Hall–Kier alpha value is -0.580. The maximum Gasteiger partial charge on any atom is 0.267 e. The summed E-state index contributed by atoms with van der Waals surface area (Å²) in [6.07, 6.45) is 2.62. The predicted molar refractivity (Wildman–Crippen MR) is 111 cm³/mol. The number of carbonyl (C=O) groups excluding carboxylic acids is 2. The van der Waals surface area contributed by atoms with Crippen molar-refractivity contribution in [3.63, 3.8) is 0 Å². The molecule has 0 aromatic carbocycles. The summed E-state index contributed by atoms with van der Waals surface area (Å²) < 4.78 is 3.12. The lowest BCUT2D eigenvalue weighted by atomic mass is 10.2. The standard InChI is InChI=1S/C15H16Br4N4O2/c16-8-6-10(22-12(8)18)14(24)20-4-2-1-3-5-21-15(25)11-7-9(17)13(19)23-11/h6-7,22-23H,1-5H2,(H,20,24)(H,21,25). The zero-order valence-corrected chi connectivity index (χ0v) is 19.4. The SMILES string of the molecule is O=C(NCCCCCNC(=O)c1cc(Br)c(Br)[nH]1)c1cc(Br)c(Br)[nH]1. The number of H-pyrrole nitrogens is 2. The number of amides is 2. The van der Waals surface area contributed by atoms with Gasteiger partial charge in [-0.15, -0.1) is 0 Å². The third-order valence-corrected chi connectivity index (χ3v) is 6.93. The molecule has 6 nitrogen and oxygen atoms in total. The van der Waals surface area contributed by atoms with Crippen LogP contribution in [0.2, 0.25) is 0 Å². The van der Waals surface area contributed by atoms with Crippen LogP contribution < -0.4 is 10.6 Å². The van der Waals surface area contributed by atoms with E-state index in [1.165, 1.54) is 0 Å². The van der Waals surface area contributed by atoms with E-state index < -0.39 is 0 Å². The van der Waals surface area contributed by atoms with Crippen molar-refractivity contribution in [1.29, 1.82) is 0 Å². The number of nitrogens with one attached hydrogen (secondary N) is 4. The highest BCUT2D eigenvalue weighted by Gasteiger charge is 2.11. The van der Waals surface area contributed by atoms with Crippen molar-refractivity contribution in [2.24, 2.45) is 0 Å². The van der Waals surface area contributed by atoms with E-state index in [4.69, 9.17) is 0 Å². The van der Waals surface area contributed by atoms with Crippen LogP contribution in [0, 0.1) is 0 Å². The van der Waals surface area contributed by atoms with Crippen molar-refractivity contribution in [3.8, 4) is 0 Å². The Bertz CT molecular complexity index is 656. The molecule has 0 atom stereocenters. The van der Waals surface area contributed by atoms with Crippen LogP contribution >= 0.6 is 63.7 Å². The first-order chi connectivity index (χ1) is 11.9. The fraction of sp³-hybridized carbons (Fsp3) is 0.333. The highest BCUT2D eigenvalue weighted by Crippen LogP contribution is 2.23. The molecule has 0 saturated heterocycles. The fourth-order valence-corrected chi connectivity index (χ4v) is 3.39. The second-order valence-corrected chi connectivity index (χ2v) is 8.56. The molecule has 2 aromatic heterocycles. The molecule has 2 heterocycles. The first kappa shape index (κ1) is 20.7. The molecule has 0 aliphatic carbocycles. The minimum absolute atomic E-state index is 0.136. The second kappa shape index (κ2) is 9.94. The molecule has 0 aliphatic rings. The quantitative estimate of drug-likeness (QED) is 0.329. The molecule has 0 spiro atoms. The van der Waals surface area contributed by atoms with Gasteiger partial charge in [-0.25, -0.2) is 0 Å². The van der Waals surface area contributed by atoms with E-state index in [1.54, 1.807) is 12.1 Å². The van der Waals surface area contributed by atoms with Gasteiger partial charge >= 0.3 is 0 Å². The van der Waals surface area contributed by atoms with Crippen molar-refractivity contribution in [3.05, 3.63) is 41.7 Å². The predicted octanol–water partition coefficient (Wildman–Crippen LogP) is 4.72. The van der Waals surface area contributed by atoms with Crippen molar-refractivity contribution in [2.45, 2.75) is 19.3 Å². The van der Waals surface area contributed by atoms with Crippen LogP contribution in [0.25, 0.3) is 0 Å². The molecule has 0 radical (unpaired) electrons. The molecule has 0 aliphatic heterocycles. The summed E-state index contributed by atoms with van der Waals surface area (Å²) in [5, 5.41) is 5.72. The first-order valence-corrected chi connectivity index (χ1v) is 10.7. The highest BCUT2D eigenvalue weighted by atomic mass is 79.9. The third-order valence-electron chi connectivity index (χ3n) is 3.36. The summed E-state index contributed by atoms with van der Waals surface area (Å²) in [5.74, 6) is -0.273. The highest BCUT2D eigenvalue weighted by molar-refractivity contribution is 9.13. The van der Waals surface area contributed by atoms with Crippen LogP contribution in [0.3, 0.4) is 0 Å². The van der Waals surface area contributed by atoms with Crippen LogP contribution in [0.1, 0.15) is 40.2 Å². The third kappa shape index (κ3) is 6.26. The number of aromatic nitrogens is 2. The summed E-state index contributed by atoms with van der Waals surface area (Å²) in [5.41, 5.74) is 1.02. The fourth-order valence-electron chi connectivity index (χ4n) is 2.07. The molecule has 2 aromatic rings.